The van der Waals surface area contributed by atoms with E-state index in [1.54, 1.807) is 0 Å². The average Bonchev–Trinajstić information content (AvgIpc) is 3.27. The summed E-state index contributed by atoms with van der Waals surface area (Å²) in [5, 5.41) is 64.2. The molecule has 13 heteroatoms. The smallest absolute Gasteiger partial charge is 0.391 e. The van der Waals surface area contributed by atoms with Gasteiger partial charge >= 0.3 is 7.82 Å². The molecule has 1 amide bonds. The van der Waals surface area contributed by atoms with Crippen molar-refractivity contribution in [1.82, 2.24) is 5.32 Å². The Morgan fingerprint density at radius 1 is 0.476 bits per heavy atom. The quantitative estimate of drug-likeness (QED) is 0.0213. The number of aliphatic hydroxyl groups excluding tert-OH is 6. The van der Waals surface area contributed by atoms with Crippen LogP contribution in [0.1, 0.15) is 258 Å². The van der Waals surface area contributed by atoms with Crippen molar-refractivity contribution in [3.05, 3.63) is 0 Å². The number of hydrogen-bond donors (Lipinski definition) is 8. The zero-order chi connectivity index (χ0) is 46.4. The molecular formula is C50H100NO11P. The maximum atomic E-state index is 13.0. The lowest BCUT2D eigenvalue weighted by molar-refractivity contribution is -0.220. The highest BCUT2D eigenvalue weighted by molar-refractivity contribution is 7.47. The summed E-state index contributed by atoms with van der Waals surface area (Å²) in [4.78, 5) is 23.4. The van der Waals surface area contributed by atoms with E-state index in [9.17, 15) is 44.9 Å². The predicted molar refractivity (Wildman–Crippen MR) is 255 cm³/mol. The largest absolute Gasteiger partial charge is 0.472 e. The first-order chi connectivity index (χ1) is 30.4. The van der Waals surface area contributed by atoms with Crippen LogP contribution in [0.5, 0.6) is 0 Å². The maximum Gasteiger partial charge on any atom is 0.472 e. The fourth-order valence-electron chi connectivity index (χ4n) is 8.85. The van der Waals surface area contributed by atoms with E-state index in [4.69, 9.17) is 9.05 Å². The number of phosphoric acid groups is 1. The molecule has 12 nitrogen and oxygen atoms in total. The summed E-state index contributed by atoms with van der Waals surface area (Å²) in [6, 6.07) is -1.02. The van der Waals surface area contributed by atoms with Crippen molar-refractivity contribution in [3.8, 4) is 0 Å². The van der Waals surface area contributed by atoms with Crippen LogP contribution in [0.15, 0.2) is 0 Å². The molecule has 8 N–H and O–H groups in total. The molecule has 0 radical (unpaired) electrons. The van der Waals surface area contributed by atoms with Crippen molar-refractivity contribution in [3.63, 3.8) is 0 Å². The van der Waals surface area contributed by atoms with Crippen molar-refractivity contribution in [2.75, 3.05) is 6.61 Å². The van der Waals surface area contributed by atoms with E-state index in [1.165, 1.54) is 180 Å². The third-order valence-corrected chi connectivity index (χ3v) is 14.2. The van der Waals surface area contributed by atoms with E-state index in [2.05, 4.69) is 19.2 Å². The lowest BCUT2D eigenvalue weighted by atomic mass is 9.85. The molecule has 9 atom stereocenters. The molecule has 0 aromatic carbocycles. The Hall–Kier alpha value is -0.660. The van der Waals surface area contributed by atoms with Gasteiger partial charge in [0.05, 0.1) is 18.8 Å². The van der Waals surface area contributed by atoms with E-state index < -0.39 is 63.2 Å². The Kier molecular flexibility index (Phi) is 38.7. The molecule has 0 heterocycles. The molecule has 0 aliphatic heterocycles. The van der Waals surface area contributed by atoms with Crippen LogP contribution in [-0.4, -0.2) is 96.8 Å². The summed E-state index contributed by atoms with van der Waals surface area (Å²) in [6.45, 7) is 3.90. The molecule has 0 bridgehead atoms. The average molecular weight is 922 g/mol. The van der Waals surface area contributed by atoms with Crippen LogP contribution < -0.4 is 5.32 Å². The summed E-state index contributed by atoms with van der Waals surface area (Å²) in [6.07, 6.45) is 33.0. The topological polar surface area (TPSA) is 206 Å². The Morgan fingerprint density at radius 3 is 1.10 bits per heavy atom. The Balaban J connectivity index is 2.28. The van der Waals surface area contributed by atoms with Crippen LogP contribution in [0.3, 0.4) is 0 Å². The summed E-state index contributed by atoms with van der Waals surface area (Å²) in [5.41, 5.74) is 0. The highest BCUT2D eigenvalue weighted by Crippen LogP contribution is 2.47. The third-order valence-electron chi connectivity index (χ3n) is 13.2. The van der Waals surface area contributed by atoms with Crippen LogP contribution in [-0.2, 0) is 18.4 Å². The number of unbranched alkanes of at least 4 members (excludes halogenated alkanes) is 34. The maximum absolute atomic E-state index is 13.0. The van der Waals surface area contributed by atoms with Gasteiger partial charge in [-0.25, -0.2) is 4.57 Å². The summed E-state index contributed by atoms with van der Waals surface area (Å²) < 4.78 is 23.0. The first-order valence-corrected chi connectivity index (χ1v) is 28.0. The molecule has 1 aliphatic carbocycles. The fourth-order valence-corrected chi connectivity index (χ4v) is 9.82. The first kappa shape index (κ1) is 60.4. The molecule has 1 aliphatic rings. The molecule has 0 aromatic heterocycles. The van der Waals surface area contributed by atoms with Crippen LogP contribution in [0, 0.1) is 0 Å². The number of hydrogen-bond acceptors (Lipinski definition) is 10. The zero-order valence-electron chi connectivity index (χ0n) is 40.4. The van der Waals surface area contributed by atoms with Crippen LogP contribution in [0.2, 0.25) is 0 Å². The number of aliphatic hydroxyl groups is 6. The van der Waals surface area contributed by atoms with E-state index in [0.717, 1.165) is 38.5 Å². The Bertz CT molecular complexity index is 1070. The van der Waals surface area contributed by atoms with Crippen molar-refractivity contribution in [2.24, 2.45) is 0 Å². The van der Waals surface area contributed by atoms with Gasteiger partial charge < -0.3 is 40.8 Å². The van der Waals surface area contributed by atoms with Crippen molar-refractivity contribution in [1.29, 1.82) is 0 Å². The fraction of sp³-hybridized carbons (Fsp3) is 0.980. The molecule has 0 aromatic rings. The van der Waals surface area contributed by atoms with Gasteiger partial charge in [-0.05, 0) is 12.8 Å². The van der Waals surface area contributed by atoms with E-state index >= 15 is 0 Å². The number of phosphoric ester groups is 1. The molecule has 0 saturated heterocycles. The normalized spacial score (nSPS) is 22.2. The van der Waals surface area contributed by atoms with Gasteiger partial charge in [0.25, 0.3) is 0 Å². The molecule has 63 heavy (non-hydrogen) atoms. The third kappa shape index (κ3) is 31.9. The van der Waals surface area contributed by atoms with E-state index in [1.807, 2.05) is 0 Å². The minimum Gasteiger partial charge on any atom is -0.391 e. The lowest BCUT2D eigenvalue weighted by Gasteiger charge is -2.41. The molecule has 1 saturated carbocycles. The monoisotopic (exact) mass is 922 g/mol. The number of rotatable bonds is 45. The number of amides is 1. The zero-order valence-corrected chi connectivity index (χ0v) is 41.3. The molecule has 1 rings (SSSR count). The Morgan fingerprint density at radius 2 is 0.762 bits per heavy atom. The standard InChI is InChI=1S/C50H100NO11P/c1-3-5-7-9-11-13-15-16-17-18-19-20-21-22-23-24-25-26-27-28-30-32-34-36-38-40-44(53)51-42(43(52)39-37-35-33-31-29-14-12-10-8-6-4-2)41-61-63(59,60)62-50-48(57)46(55)45(54)47(56)49(50)58/h42-43,45-50,52,54-58H,3-41H2,1-2H3,(H,51,53)(H,59,60)/t42-,43+,45?,46+,47?,48?,49?,50?/m0/s1. The van der Waals surface area contributed by atoms with E-state index in [0.29, 0.717) is 19.3 Å². The highest BCUT2D eigenvalue weighted by Gasteiger charge is 2.51. The van der Waals surface area contributed by atoms with Crippen LogP contribution in [0.25, 0.3) is 0 Å². The number of carbonyl (C=O) groups is 1. The second kappa shape index (κ2) is 40.4. The summed E-state index contributed by atoms with van der Waals surface area (Å²) >= 11 is 0. The number of nitrogens with one attached hydrogen (secondary N) is 1. The predicted octanol–water partition coefficient (Wildman–Crippen LogP) is 11.0. The van der Waals surface area contributed by atoms with Gasteiger partial charge in [-0.2, -0.15) is 0 Å². The Labute approximate surface area is 385 Å². The van der Waals surface area contributed by atoms with Crippen molar-refractivity contribution >= 4 is 13.7 Å². The van der Waals surface area contributed by atoms with Gasteiger partial charge in [-0.15, -0.1) is 0 Å². The van der Waals surface area contributed by atoms with Gasteiger partial charge in [0.15, 0.2) is 0 Å². The molecule has 376 valence electrons. The summed E-state index contributed by atoms with van der Waals surface area (Å²) in [5.74, 6) is -0.303. The second-order valence-electron chi connectivity index (χ2n) is 19.1. The minimum absolute atomic E-state index is 0.243. The van der Waals surface area contributed by atoms with Gasteiger partial charge in [-0.3, -0.25) is 13.8 Å². The van der Waals surface area contributed by atoms with Gasteiger partial charge in [0, 0.05) is 6.42 Å². The van der Waals surface area contributed by atoms with Crippen LogP contribution in [0.4, 0.5) is 0 Å². The molecular weight excluding hydrogens is 822 g/mol. The van der Waals surface area contributed by atoms with Crippen LogP contribution >= 0.6 is 7.82 Å². The SMILES string of the molecule is CCCCCCCCCCCCCCCCCCCCCCCCCCCC(=O)N[C@@H](COP(=O)(O)OC1C(O)C(O)C(O)[C@@H](O)C1O)[C@H](O)CCCCCCCCCCCCC. The molecule has 1 fully saturated rings. The second-order valence-corrected chi connectivity index (χ2v) is 20.5. The van der Waals surface area contributed by atoms with Gasteiger partial charge in [-0.1, -0.05) is 239 Å². The highest BCUT2D eigenvalue weighted by atomic mass is 31.2. The minimum atomic E-state index is -5.05. The van der Waals surface area contributed by atoms with Crippen molar-refractivity contribution in [2.45, 2.75) is 307 Å². The molecule has 6 unspecified atom stereocenters. The molecule has 0 spiro atoms. The van der Waals surface area contributed by atoms with Crippen molar-refractivity contribution < 1.29 is 53.9 Å². The first-order valence-electron chi connectivity index (χ1n) is 26.5. The van der Waals surface area contributed by atoms with Gasteiger partial charge in [0.1, 0.15) is 36.6 Å². The van der Waals surface area contributed by atoms with Gasteiger partial charge in [0.2, 0.25) is 5.91 Å². The lowest BCUT2D eigenvalue weighted by Crippen LogP contribution is -2.64. The summed E-state index contributed by atoms with van der Waals surface area (Å²) in [7, 11) is -5.05. The number of carbonyl (C=O) groups excluding carboxylic acids is 1. The van der Waals surface area contributed by atoms with E-state index in [-0.39, 0.29) is 12.3 Å².